The summed E-state index contributed by atoms with van der Waals surface area (Å²) in [6.07, 6.45) is 2.17. The molecule has 26 heavy (non-hydrogen) atoms. The zero-order valence-corrected chi connectivity index (χ0v) is 15.5. The van der Waals surface area contributed by atoms with Gasteiger partial charge in [-0.1, -0.05) is 6.07 Å². The van der Waals surface area contributed by atoms with E-state index in [9.17, 15) is 4.79 Å². The van der Waals surface area contributed by atoms with Crippen LogP contribution in [0.25, 0.3) is 0 Å². The molecule has 1 aromatic carbocycles. The Morgan fingerprint density at radius 3 is 2.50 bits per heavy atom. The van der Waals surface area contributed by atoms with Gasteiger partial charge in [0.2, 0.25) is 5.91 Å². The molecule has 134 valence electrons. The van der Waals surface area contributed by atoms with Crippen LogP contribution in [0.4, 0.5) is 17.2 Å². The number of benzene rings is 1. The predicted molar refractivity (Wildman–Crippen MR) is 106 cm³/mol. The number of nitrogens with one attached hydrogen (secondary N) is 2. The minimum absolute atomic E-state index is 0.0456. The van der Waals surface area contributed by atoms with Gasteiger partial charge in [0, 0.05) is 10.6 Å². The number of anilines is 3. The number of rotatable bonds is 7. The highest BCUT2D eigenvalue weighted by atomic mass is 32.1. The topological polar surface area (TPSA) is 63.2 Å². The van der Waals surface area contributed by atoms with Gasteiger partial charge in [0.15, 0.2) is 0 Å². The summed E-state index contributed by atoms with van der Waals surface area (Å²) in [5.41, 5.74) is 1.60. The SMILES string of the molecule is CC(C)Oc1ccc(Nc2ccc(NC(=O)Cc3cccs3)cn2)cc1. The number of amides is 1. The molecule has 0 spiro atoms. The molecule has 2 aromatic heterocycles. The van der Waals surface area contributed by atoms with Gasteiger partial charge in [0.1, 0.15) is 11.6 Å². The third kappa shape index (κ3) is 5.32. The molecule has 2 N–H and O–H groups in total. The van der Waals surface area contributed by atoms with Gasteiger partial charge >= 0.3 is 0 Å². The zero-order valence-electron chi connectivity index (χ0n) is 14.7. The first-order chi connectivity index (χ1) is 12.6. The molecule has 0 saturated carbocycles. The third-order valence-electron chi connectivity index (χ3n) is 3.46. The van der Waals surface area contributed by atoms with Gasteiger partial charge < -0.3 is 15.4 Å². The van der Waals surface area contributed by atoms with E-state index < -0.39 is 0 Å². The van der Waals surface area contributed by atoms with Gasteiger partial charge in [-0.3, -0.25) is 4.79 Å². The van der Waals surface area contributed by atoms with Crippen molar-refractivity contribution in [3.05, 3.63) is 65.0 Å². The molecule has 0 aliphatic carbocycles. The molecule has 0 atom stereocenters. The normalized spacial score (nSPS) is 10.6. The van der Waals surface area contributed by atoms with Crippen LogP contribution in [0.5, 0.6) is 5.75 Å². The minimum atomic E-state index is -0.0456. The van der Waals surface area contributed by atoms with Crippen molar-refractivity contribution in [3.8, 4) is 5.75 Å². The second-order valence-corrected chi connectivity index (χ2v) is 7.08. The first-order valence-electron chi connectivity index (χ1n) is 8.40. The minimum Gasteiger partial charge on any atom is -0.491 e. The highest BCUT2D eigenvalue weighted by Gasteiger charge is 2.05. The molecule has 6 heteroatoms. The third-order valence-corrected chi connectivity index (χ3v) is 4.34. The smallest absolute Gasteiger partial charge is 0.229 e. The van der Waals surface area contributed by atoms with Crippen LogP contribution < -0.4 is 15.4 Å². The summed E-state index contributed by atoms with van der Waals surface area (Å²) in [6, 6.07) is 15.3. The van der Waals surface area contributed by atoms with E-state index in [0.717, 1.165) is 16.3 Å². The van der Waals surface area contributed by atoms with E-state index in [1.165, 1.54) is 0 Å². The van der Waals surface area contributed by atoms with Crippen molar-refractivity contribution in [2.45, 2.75) is 26.4 Å². The van der Waals surface area contributed by atoms with Crippen molar-refractivity contribution in [1.29, 1.82) is 0 Å². The van der Waals surface area contributed by atoms with E-state index in [0.29, 0.717) is 17.9 Å². The van der Waals surface area contributed by atoms with Gasteiger partial charge in [-0.05, 0) is 61.7 Å². The zero-order chi connectivity index (χ0) is 18.4. The highest BCUT2D eigenvalue weighted by Crippen LogP contribution is 2.20. The fourth-order valence-electron chi connectivity index (χ4n) is 2.36. The van der Waals surface area contributed by atoms with E-state index in [4.69, 9.17) is 4.74 Å². The van der Waals surface area contributed by atoms with E-state index in [-0.39, 0.29) is 12.0 Å². The van der Waals surface area contributed by atoms with Crippen molar-refractivity contribution in [1.82, 2.24) is 4.98 Å². The van der Waals surface area contributed by atoms with Crippen molar-refractivity contribution in [2.24, 2.45) is 0 Å². The number of pyridine rings is 1. The van der Waals surface area contributed by atoms with Gasteiger partial charge in [0.25, 0.3) is 0 Å². The van der Waals surface area contributed by atoms with Crippen LogP contribution in [0.3, 0.4) is 0 Å². The molecule has 3 rings (SSSR count). The van der Waals surface area contributed by atoms with Crippen LogP contribution >= 0.6 is 11.3 Å². The van der Waals surface area contributed by atoms with Crippen LogP contribution in [0.1, 0.15) is 18.7 Å². The van der Waals surface area contributed by atoms with E-state index in [1.807, 2.05) is 67.8 Å². The Bertz CT molecular complexity index is 829. The maximum atomic E-state index is 12.0. The number of hydrogen-bond donors (Lipinski definition) is 2. The lowest BCUT2D eigenvalue weighted by Crippen LogP contribution is -2.13. The van der Waals surface area contributed by atoms with Gasteiger partial charge in [0.05, 0.1) is 24.4 Å². The van der Waals surface area contributed by atoms with Crippen LogP contribution in [-0.4, -0.2) is 17.0 Å². The van der Waals surface area contributed by atoms with E-state index >= 15 is 0 Å². The highest BCUT2D eigenvalue weighted by molar-refractivity contribution is 7.10. The first kappa shape index (κ1) is 17.9. The summed E-state index contributed by atoms with van der Waals surface area (Å²) in [7, 11) is 0. The molecule has 3 aromatic rings. The Morgan fingerprint density at radius 2 is 1.88 bits per heavy atom. The fraction of sp³-hybridized carbons (Fsp3) is 0.200. The Balaban J connectivity index is 1.54. The summed E-state index contributed by atoms with van der Waals surface area (Å²) < 4.78 is 5.63. The lowest BCUT2D eigenvalue weighted by molar-refractivity contribution is -0.115. The molecule has 0 aliphatic heterocycles. The number of thiophene rings is 1. The van der Waals surface area contributed by atoms with Crippen molar-refractivity contribution in [2.75, 3.05) is 10.6 Å². The van der Waals surface area contributed by atoms with Crippen LogP contribution in [0.15, 0.2) is 60.1 Å². The molecule has 2 heterocycles. The number of carbonyl (C=O) groups is 1. The molecule has 0 radical (unpaired) electrons. The van der Waals surface area contributed by atoms with Gasteiger partial charge in [-0.25, -0.2) is 4.98 Å². The Hall–Kier alpha value is -2.86. The molecule has 0 aliphatic rings. The quantitative estimate of drug-likeness (QED) is 0.626. The standard InChI is InChI=1S/C20H21N3O2S/c1-14(2)25-17-8-5-15(6-9-17)22-19-10-7-16(13-21-19)23-20(24)12-18-4-3-11-26-18/h3-11,13-14H,12H2,1-2H3,(H,21,22)(H,23,24). The summed E-state index contributed by atoms with van der Waals surface area (Å²) in [6.45, 7) is 3.99. The van der Waals surface area contributed by atoms with Crippen LogP contribution in [0.2, 0.25) is 0 Å². The average molecular weight is 367 g/mol. The predicted octanol–water partition coefficient (Wildman–Crippen LogP) is 4.86. The van der Waals surface area contributed by atoms with E-state index in [1.54, 1.807) is 17.5 Å². The second kappa shape index (κ2) is 8.49. The summed E-state index contributed by atoms with van der Waals surface area (Å²) in [5, 5.41) is 8.05. The van der Waals surface area contributed by atoms with Crippen molar-refractivity contribution >= 4 is 34.4 Å². The maximum Gasteiger partial charge on any atom is 0.229 e. The Morgan fingerprint density at radius 1 is 1.12 bits per heavy atom. The van der Waals surface area contributed by atoms with Crippen LogP contribution in [-0.2, 0) is 11.2 Å². The number of nitrogens with zero attached hydrogens (tertiary/aromatic N) is 1. The molecule has 0 bridgehead atoms. The largest absolute Gasteiger partial charge is 0.491 e. The molecular weight excluding hydrogens is 346 g/mol. The lowest BCUT2D eigenvalue weighted by Gasteiger charge is -2.11. The van der Waals surface area contributed by atoms with Gasteiger partial charge in [-0.15, -0.1) is 11.3 Å². The maximum absolute atomic E-state index is 12.0. The number of aromatic nitrogens is 1. The number of ether oxygens (including phenoxy) is 1. The second-order valence-electron chi connectivity index (χ2n) is 6.05. The summed E-state index contributed by atoms with van der Waals surface area (Å²) in [5.74, 6) is 1.50. The molecule has 0 saturated heterocycles. The first-order valence-corrected chi connectivity index (χ1v) is 9.28. The summed E-state index contributed by atoms with van der Waals surface area (Å²) in [4.78, 5) is 17.4. The van der Waals surface area contributed by atoms with Crippen molar-refractivity contribution in [3.63, 3.8) is 0 Å². The molecule has 0 fully saturated rings. The molecule has 1 amide bonds. The molecule has 0 unspecified atom stereocenters. The summed E-state index contributed by atoms with van der Waals surface area (Å²) >= 11 is 1.57. The fourth-order valence-corrected chi connectivity index (χ4v) is 3.06. The lowest BCUT2D eigenvalue weighted by atomic mass is 10.3. The molecular formula is C20H21N3O2S. The Kier molecular flexibility index (Phi) is 5.86. The van der Waals surface area contributed by atoms with E-state index in [2.05, 4.69) is 15.6 Å². The number of hydrogen-bond acceptors (Lipinski definition) is 5. The van der Waals surface area contributed by atoms with Crippen LogP contribution in [0, 0.1) is 0 Å². The van der Waals surface area contributed by atoms with Crippen molar-refractivity contribution < 1.29 is 9.53 Å². The Labute approximate surface area is 157 Å². The average Bonchev–Trinajstić information content (AvgIpc) is 3.11. The van der Waals surface area contributed by atoms with Gasteiger partial charge in [-0.2, -0.15) is 0 Å². The monoisotopic (exact) mass is 367 g/mol. The molecule has 5 nitrogen and oxygen atoms in total. The number of carbonyl (C=O) groups excluding carboxylic acids is 1.